The molecule has 3 heterocycles. The first kappa shape index (κ1) is 40.9. The Morgan fingerprint density at radius 2 is 1.63 bits per heavy atom. The van der Waals surface area contributed by atoms with Gasteiger partial charge in [-0.1, -0.05) is 93.6 Å². The molecule has 0 unspecified atom stereocenters. The highest BCUT2D eigenvalue weighted by molar-refractivity contribution is 5.98. The third-order valence-corrected chi connectivity index (χ3v) is 11.6. The number of rotatable bonds is 16. The van der Waals surface area contributed by atoms with E-state index in [4.69, 9.17) is 9.47 Å². The van der Waals surface area contributed by atoms with Crippen LogP contribution in [0.3, 0.4) is 0 Å². The molecule has 1 spiro atoms. The fourth-order valence-electron chi connectivity index (χ4n) is 9.43. The molecule has 2 aromatic rings. The molecule has 2 bridgehead atoms. The van der Waals surface area contributed by atoms with Crippen molar-refractivity contribution in [3.8, 4) is 0 Å². The zero-order valence-electron chi connectivity index (χ0n) is 33.1. The Morgan fingerprint density at radius 3 is 2.19 bits per heavy atom. The normalized spacial score (nSPS) is 25.0. The number of hydrogen-bond donors (Lipinski definition) is 1. The molecule has 54 heavy (non-hydrogen) atoms. The van der Waals surface area contributed by atoms with Crippen LogP contribution < -0.4 is 0 Å². The van der Waals surface area contributed by atoms with Gasteiger partial charge in [0.05, 0.1) is 36.6 Å². The number of amides is 3. The fourth-order valence-corrected chi connectivity index (χ4v) is 9.43. The Hall–Kier alpha value is -4.28. The topological polar surface area (TPSA) is 117 Å². The lowest BCUT2D eigenvalue weighted by Crippen LogP contribution is -2.61. The molecule has 292 valence electrons. The maximum absolute atomic E-state index is 15.3. The minimum Gasteiger partial charge on any atom is -0.455 e. The van der Waals surface area contributed by atoms with E-state index in [9.17, 15) is 14.7 Å². The van der Waals surface area contributed by atoms with Gasteiger partial charge in [0.25, 0.3) is 0 Å². The second-order valence-corrected chi connectivity index (χ2v) is 17.0. The molecule has 0 saturated carbocycles. The van der Waals surface area contributed by atoms with Crippen LogP contribution in [0.5, 0.6) is 0 Å². The van der Waals surface area contributed by atoms with Crippen LogP contribution in [0, 0.1) is 17.3 Å². The third-order valence-electron chi connectivity index (χ3n) is 11.6. The predicted molar refractivity (Wildman–Crippen MR) is 208 cm³/mol. The maximum Gasteiger partial charge on any atom is 0.313 e. The first-order valence-corrected chi connectivity index (χ1v) is 19.2. The number of carbonyl (C=O) groups excluding carboxylic acids is 4. The quantitative estimate of drug-likeness (QED) is 0.156. The van der Waals surface area contributed by atoms with Crippen LogP contribution in [0.25, 0.3) is 0 Å². The first-order chi connectivity index (χ1) is 25.5. The van der Waals surface area contributed by atoms with Gasteiger partial charge in [0.1, 0.15) is 17.7 Å². The minimum absolute atomic E-state index is 0.112. The molecule has 1 N–H and O–H groups in total. The molecule has 10 nitrogen and oxygen atoms in total. The van der Waals surface area contributed by atoms with Crippen molar-refractivity contribution in [2.75, 3.05) is 20.2 Å². The smallest absolute Gasteiger partial charge is 0.313 e. The van der Waals surface area contributed by atoms with Crippen molar-refractivity contribution in [3.63, 3.8) is 0 Å². The van der Waals surface area contributed by atoms with Gasteiger partial charge in [-0.15, -0.1) is 13.2 Å². The number of likely N-dealkylation sites (N-methyl/N-ethyl adjacent to an activating group) is 1. The Balaban J connectivity index is 1.57. The summed E-state index contributed by atoms with van der Waals surface area (Å²) in [5, 5.41) is 11.0. The number of hydrogen-bond acceptors (Lipinski definition) is 7. The molecule has 0 aliphatic carbocycles. The van der Waals surface area contributed by atoms with Gasteiger partial charge in [-0.05, 0) is 63.0 Å². The fraction of sp³-hybridized carbons (Fsp3) is 0.545. The number of allylic oxidation sites excluding steroid dienone is 1. The van der Waals surface area contributed by atoms with Crippen molar-refractivity contribution in [3.05, 3.63) is 97.1 Å². The van der Waals surface area contributed by atoms with Crippen molar-refractivity contribution in [2.24, 2.45) is 17.3 Å². The monoisotopic (exact) mass is 741 g/mol. The highest BCUT2D eigenvalue weighted by atomic mass is 16.6. The minimum atomic E-state index is -1.33. The van der Waals surface area contributed by atoms with Crippen LogP contribution in [-0.2, 0) is 28.7 Å². The summed E-state index contributed by atoms with van der Waals surface area (Å²) < 4.78 is 13.2. The number of esters is 1. The molecule has 10 heteroatoms. The van der Waals surface area contributed by atoms with E-state index in [1.807, 2.05) is 81.4 Å². The molecule has 0 aromatic heterocycles. The van der Waals surface area contributed by atoms with Crippen molar-refractivity contribution < 1.29 is 33.8 Å². The zero-order chi connectivity index (χ0) is 39.6. The molecule has 0 radical (unpaired) electrons. The molecule has 3 saturated heterocycles. The largest absolute Gasteiger partial charge is 0.455 e. The Labute approximate surface area is 321 Å². The van der Waals surface area contributed by atoms with Crippen molar-refractivity contribution in [1.29, 1.82) is 0 Å². The lowest BCUT2D eigenvalue weighted by atomic mass is 9.70. The van der Waals surface area contributed by atoms with Crippen LogP contribution in [0.15, 0.2) is 86.0 Å². The summed E-state index contributed by atoms with van der Waals surface area (Å²) in [6, 6.07) is 15.9. The number of benzene rings is 2. The molecular formula is C44H59N3O7. The number of ether oxygens (including phenoxy) is 2. The molecule has 3 aliphatic rings. The highest BCUT2D eigenvalue weighted by Gasteiger charge is 2.76. The van der Waals surface area contributed by atoms with Gasteiger partial charge in [0, 0.05) is 25.6 Å². The van der Waals surface area contributed by atoms with Gasteiger partial charge in [-0.2, -0.15) is 0 Å². The van der Waals surface area contributed by atoms with E-state index in [1.165, 1.54) is 4.90 Å². The Bertz CT molecular complexity index is 1690. The highest BCUT2D eigenvalue weighted by Crippen LogP contribution is 2.60. The van der Waals surface area contributed by atoms with Crippen molar-refractivity contribution in [2.45, 2.75) is 115 Å². The first-order valence-electron chi connectivity index (χ1n) is 19.2. The van der Waals surface area contributed by atoms with E-state index in [0.717, 1.165) is 0 Å². The predicted octanol–water partition coefficient (Wildman–Crippen LogP) is 6.42. The van der Waals surface area contributed by atoms with Crippen molar-refractivity contribution >= 4 is 23.7 Å². The maximum atomic E-state index is 15.3. The van der Waals surface area contributed by atoms with Gasteiger partial charge in [0.15, 0.2) is 0 Å². The Kier molecular flexibility index (Phi) is 12.3. The second-order valence-electron chi connectivity index (χ2n) is 17.0. The number of aliphatic hydroxyl groups is 1. The van der Waals surface area contributed by atoms with E-state index in [0.29, 0.717) is 36.8 Å². The molecule has 3 amide bonds. The molecule has 8 atom stereocenters. The van der Waals surface area contributed by atoms with E-state index < -0.39 is 71.8 Å². The van der Waals surface area contributed by atoms with Gasteiger partial charge < -0.3 is 29.3 Å². The number of fused-ring (bicyclic) bond motifs is 1. The van der Waals surface area contributed by atoms with E-state index in [1.54, 1.807) is 29.0 Å². The van der Waals surface area contributed by atoms with Crippen molar-refractivity contribution in [1.82, 2.24) is 14.7 Å². The molecule has 5 rings (SSSR count). The molecular weight excluding hydrogens is 682 g/mol. The van der Waals surface area contributed by atoms with Gasteiger partial charge in [0.2, 0.25) is 17.7 Å². The number of aliphatic hydroxyl groups excluding tert-OH is 1. The summed E-state index contributed by atoms with van der Waals surface area (Å²) in [7, 11) is 1.69. The average Bonchev–Trinajstić information content (AvgIpc) is 3.78. The van der Waals surface area contributed by atoms with Crippen LogP contribution in [0.4, 0.5) is 0 Å². The average molecular weight is 742 g/mol. The molecule has 3 aliphatic heterocycles. The molecule has 2 aromatic carbocycles. The standard InChI is InChI=1S/C44H59N3O7/c1-10-12-23-34(49)45(9)29(3)37(31-21-17-14-18-22-31)53-41(52)35-33-24-25-44(54-33)36(35)39(50)47(32(27-48)30-19-15-13-16-20-30)38(44)40(51)46(26-11-2)43(7,8)28-42(4,5)6/h10-11,13-22,29,32-33,35-38,48H,1-2,12,23-28H2,3-9H3/t29-,32+,33+,35-,36-,37+,38+,44-/m0/s1. The Morgan fingerprint density at radius 1 is 1.02 bits per heavy atom. The van der Waals surface area contributed by atoms with Crippen LogP contribution in [-0.4, -0.2) is 93.0 Å². The SMILES string of the molecule is C=CCCC(=O)N(C)[C@@H](C)[C@@H](OC(=O)[C@@H]1[C@H]2C(=O)N([C@H](CO)c3ccccc3)[C@H](C(=O)N(CC=C)C(C)(C)CC(C)(C)C)[C@]23CC[C@H]1O3)c1ccccc1. The van der Waals surface area contributed by atoms with E-state index in [2.05, 4.69) is 33.9 Å². The number of carbonyl (C=O) groups is 4. The summed E-state index contributed by atoms with van der Waals surface area (Å²) >= 11 is 0. The summed E-state index contributed by atoms with van der Waals surface area (Å²) in [5.41, 5.74) is -0.716. The lowest BCUT2D eigenvalue weighted by molar-refractivity contribution is -0.165. The summed E-state index contributed by atoms with van der Waals surface area (Å²) in [4.78, 5) is 63.1. The van der Waals surface area contributed by atoms with Gasteiger partial charge in [-0.25, -0.2) is 0 Å². The van der Waals surface area contributed by atoms with E-state index in [-0.39, 0.29) is 30.2 Å². The summed E-state index contributed by atoms with van der Waals surface area (Å²) in [6.07, 6.45) is 4.19. The number of likely N-dealkylation sites (tertiary alicyclic amines) is 1. The lowest BCUT2D eigenvalue weighted by Gasteiger charge is -2.46. The van der Waals surface area contributed by atoms with Crippen LogP contribution in [0.2, 0.25) is 0 Å². The molecule has 3 fully saturated rings. The summed E-state index contributed by atoms with van der Waals surface area (Å²) in [5.74, 6) is -3.48. The second kappa shape index (κ2) is 16.2. The zero-order valence-corrected chi connectivity index (χ0v) is 33.1. The van der Waals surface area contributed by atoms with Gasteiger partial charge in [-0.3, -0.25) is 19.2 Å². The summed E-state index contributed by atoms with van der Waals surface area (Å²) in [6.45, 7) is 19.8. The van der Waals surface area contributed by atoms with E-state index >= 15 is 9.59 Å². The number of nitrogens with zero attached hydrogens (tertiary/aromatic N) is 3. The van der Waals surface area contributed by atoms with Crippen LogP contribution in [0.1, 0.15) is 96.9 Å². The van der Waals surface area contributed by atoms with Gasteiger partial charge >= 0.3 is 5.97 Å². The van der Waals surface area contributed by atoms with Crippen LogP contribution >= 0.6 is 0 Å². The third kappa shape index (κ3) is 7.78.